The molecule has 1 heterocycles. The van der Waals surface area contributed by atoms with Crippen LogP contribution in [0.5, 0.6) is 0 Å². The number of fused-ring (bicyclic) bond motifs is 1. The van der Waals surface area contributed by atoms with Crippen molar-refractivity contribution in [3.63, 3.8) is 0 Å². The maximum Gasteiger partial charge on any atom is 0.333 e. The Balaban J connectivity index is 1.60. The summed E-state index contributed by atoms with van der Waals surface area (Å²) in [5.41, 5.74) is 4.50. The van der Waals surface area contributed by atoms with Gasteiger partial charge in [0.2, 0.25) is 5.09 Å². The summed E-state index contributed by atoms with van der Waals surface area (Å²) >= 11 is 0. The molecule has 4 rings (SSSR count). The number of carbonyl (C=O) groups is 1. The lowest BCUT2D eigenvalue weighted by molar-refractivity contribution is 0.0779. The van der Waals surface area contributed by atoms with Gasteiger partial charge < -0.3 is 14.8 Å². The number of amides is 2. The van der Waals surface area contributed by atoms with Gasteiger partial charge in [-0.3, -0.25) is 0 Å². The van der Waals surface area contributed by atoms with Crippen molar-refractivity contribution in [1.82, 2.24) is 4.72 Å². The first-order valence-corrected chi connectivity index (χ1v) is 12.3. The topological polar surface area (TPSA) is 109 Å². The molecule has 2 aromatic rings. The van der Waals surface area contributed by atoms with Crippen molar-refractivity contribution < 1.29 is 22.7 Å². The molecule has 0 radical (unpaired) electrons. The van der Waals surface area contributed by atoms with Crippen LogP contribution in [0.4, 0.5) is 10.5 Å². The Labute approximate surface area is 183 Å². The zero-order chi connectivity index (χ0) is 22.6. The van der Waals surface area contributed by atoms with E-state index in [0.717, 1.165) is 36.1 Å². The fourth-order valence-corrected chi connectivity index (χ4v) is 5.32. The van der Waals surface area contributed by atoms with Crippen LogP contribution in [0.1, 0.15) is 73.8 Å². The molecular formula is C23H30N2O5S. The standard InChI is InChI=1S/C23H30N2O5S/c1-13-10-19(14(2)15-8-9-15)21(18-7-5-6-17(13)18)24-22(26)25-31(28,29)20-11-16(12-30-20)23(3,4)27/h10-12,14-15,27H,5-9H2,1-4H3,(H2,24,25,26)/t14-/m1/s1. The molecule has 3 N–H and O–H groups in total. The number of benzene rings is 1. The molecule has 1 saturated carbocycles. The number of carbonyl (C=O) groups excluding carboxylic acids is 1. The summed E-state index contributed by atoms with van der Waals surface area (Å²) in [7, 11) is -4.22. The molecule has 0 bridgehead atoms. The summed E-state index contributed by atoms with van der Waals surface area (Å²) in [4.78, 5) is 12.8. The van der Waals surface area contributed by atoms with Gasteiger partial charge in [-0.1, -0.05) is 13.0 Å². The Kier molecular flexibility index (Phi) is 5.42. The molecule has 168 valence electrons. The number of anilines is 1. The number of aliphatic hydroxyl groups is 1. The first kappa shape index (κ1) is 21.9. The number of urea groups is 1. The zero-order valence-corrected chi connectivity index (χ0v) is 19.2. The number of hydrogen-bond donors (Lipinski definition) is 3. The average molecular weight is 447 g/mol. The van der Waals surface area contributed by atoms with Crippen LogP contribution >= 0.6 is 0 Å². The van der Waals surface area contributed by atoms with Crippen LogP contribution in [0.15, 0.2) is 27.9 Å². The van der Waals surface area contributed by atoms with Gasteiger partial charge in [0, 0.05) is 17.3 Å². The molecule has 8 heteroatoms. The SMILES string of the molecule is Cc1cc([C@H](C)C2CC2)c(NC(=O)NS(=O)(=O)c2cc(C(C)(C)O)co2)c2c1CCC2. The second kappa shape index (κ2) is 7.67. The van der Waals surface area contributed by atoms with Crippen LogP contribution in [0, 0.1) is 12.8 Å². The molecule has 1 atom stereocenters. The van der Waals surface area contributed by atoms with E-state index in [1.54, 1.807) is 0 Å². The molecule has 2 aliphatic carbocycles. The van der Waals surface area contributed by atoms with E-state index in [1.165, 1.54) is 50.1 Å². The molecular weight excluding hydrogens is 416 g/mol. The second-order valence-corrected chi connectivity index (χ2v) is 11.0. The maximum absolute atomic E-state index is 12.8. The summed E-state index contributed by atoms with van der Waals surface area (Å²) in [6, 6.07) is 2.56. The smallest absolute Gasteiger partial charge is 0.333 e. The van der Waals surface area contributed by atoms with Crippen LogP contribution in [-0.4, -0.2) is 19.6 Å². The minimum absolute atomic E-state index is 0.302. The van der Waals surface area contributed by atoms with E-state index in [2.05, 4.69) is 25.2 Å². The van der Waals surface area contributed by atoms with Gasteiger partial charge >= 0.3 is 6.03 Å². The van der Waals surface area contributed by atoms with Gasteiger partial charge in [0.05, 0.1) is 11.9 Å². The lowest BCUT2D eigenvalue weighted by Gasteiger charge is -2.22. The maximum atomic E-state index is 12.8. The third-order valence-electron chi connectivity index (χ3n) is 6.49. The first-order valence-electron chi connectivity index (χ1n) is 10.8. The normalized spacial score (nSPS) is 17.3. The highest BCUT2D eigenvalue weighted by molar-refractivity contribution is 7.89. The van der Waals surface area contributed by atoms with Crippen LogP contribution in [0.25, 0.3) is 0 Å². The molecule has 7 nitrogen and oxygen atoms in total. The number of sulfonamides is 1. The Morgan fingerprint density at radius 3 is 2.52 bits per heavy atom. The third-order valence-corrected chi connectivity index (χ3v) is 7.69. The van der Waals surface area contributed by atoms with E-state index in [1.807, 2.05) is 4.72 Å². The van der Waals surface area contributed by atoms with Gasteiger partial charge in [0.1, 0.15) is 0 Å². The van der Waals surface area contributed by atoms with Crippen LogP contribution < -0.4 is 10.0 Å². The van der Waals surface area contributed by atoms with Gasteiger partial charge in [-0.25, -0.2) is 9.52 Å². The van der Waals surface area contributed by atoms with Crippen LogP contribution in [0.3, 0.4) is 0 Å². The molecule has 1 aromatic carbocycles. The Hall–Kier alpha value is -2.32. The summed E-state index contributed by atoms with van der Waals surface area (Å²) in [6.07, 6.45) is 6.41. The van der Waals surface area contributed by atoms with Gasteiger partial charge in [-0.2, -0.15) is 8.42 Å². The molecule has 0 spiro atoms. The number of rotatable bonds is 6. The summed E-state index contributed by atoms with van der Waals surface area (Å²) in [5, 5.41) is 12.5. The lowest BCUT2D eigenvalue weighted by Crippen LogP contribution is -2.35. The molecule has 0 unspecified atom stereocenters. The minimum atomic E-state index is -4.22. The van der Waals surface area contributed by atoms with E-state index >= 15 is 0 Å². The van der Waals surface area contributed by atoms with E-state index in [4.69, 9.17) is 4.42 Å². The van der Waals surface area contributed by atoms with Crippen LogP contribution in [0.2, 0.25) is 0 Å². The molecule has 2 aliphatic rings. The highest BCUT2D eigenvalue weighted by Crippen LogP contribution is 2.47. The van der Waals surface area contributed by atoms with Crippen LogP contribution in [-0.2, 0) is 28.5 Å². The first-order chi connectivity index (χ1) is 14.5. The quantitative estimate of drug-likeness (QED) is 0.612. The summed E-state index contributed by atoms with van der Waals surface area (Å²) in [5.74, 6) is 0.908. The van der Waals surface area contributed by atoms with Gasteiger partial charge in [-0.05, 0) is 87.0 Å². The number of furan rings is 1. The molecule has 0 aliphatic heterocycles. The summed E-state index contributed by atoms with van der Waals surface area (Å²) < 4.78 is 32.5. The summed E-state index contributed by atoms with van der Waals surface area (Å²) in [6.45, 7) is 7.33. The highest BCUT2D eigenvalue weighted by atomic mass is 32.2. The monoisotopic (exact) mass is 446 g/mol. The molecule has 2 amide bonds. The molecule has 31 heavy (non-hydrogen) atoms. The minimum Gasteiger partial charge on any atom is -0.451 e. The lowest BCUT2D eigenvalue weighted by atomic mass is 9.88. The van der Waals surface area contributed by atoms with Gasteiger partial charge in [-0.15, -0.1) is 0 Å². The van der Waals surface area contributed by atoms with Crippen molar-refractivity contribution >= 4 is 21.7 Å². The fraction of sp³-hybridized carbons (Fsp3) is 0.522. The van der Waals surface area contributed by atoms with Crippen molar-refractivity contribution in [2.75, 3.05) is 5.32 Å². The predicted molar refractivity (Wildman–Crippen MR) is 118 cm³/mol. The molecule has 0 saturated heterocycles. The van der Waals surface area contributed by atoms with E-state index < -0.39 is 26.7 Å². The van der Waals surface area contributed by atoms with Gasteiger partial charge in [0.25, 0.3) is 10.0 Å². The average Bonchev–Trinajstić information content (AvgIpc) is 3.17. The molecule has 1 fully saturated rings. The largest absolute Gasteiger partial charge is 0.451 e. The second-order valence-electron chi connectivity index (χ2n) is 9.37. The van der Waals surface area contributed by atoms with E-state index in [-0.39, 0.29) is 0 Å². The van der Waals surface area contributed by atoms with Crippen molar-refractivity contribution in [3.05, 3.63) is 46.2 Å². The van der Waals surface area contributed by atoms with Crippen molar-refractivity contribution in [3.8, 4) is 0 Å². The van der Waals surface area contributed by atoms with Crippen molar-refractivity contribution in [2.45, 2.75) is 76.4 Å². The highest BCUT2D eigenvalue weighted by Gasteiger charge is 2.33. The van der Waals surface area contributed by atoms with Crippen molar-refractivity contribution in [1.29, 1.82) is 0 Å². The number of aryl methyl sites for hydroxylation is 1. The zero-order valence-electron chi connectivity index (χ0n) is 18.4. The van der Waals surface area contributed by atoms with Gasteiger partial charge in [0.15, 0.2) is 0 Å². The fourth-order valence-electron chi connectivity index (χ4n) is 4.47. The Bertz CT molecular complexity index is 1120. The number of nitrogens with one attached hydrogen (secondary N) is 2. The van der Waals surface area contributed by atoms with Crippen molar-refractivity contribution in [2.24, 2.45) is 5.92 Å². The number of hydrogen-bond acceptors (Lipinski definition) is 5. The van der Waals surface area contributed by atoms with E-state index in [0.29, 0.717) is 17.4 Å². The van der Waals surface area contributed by atoms with E-state index in [9.17, 15) is 18.3 Å². The Morgan fingerprint density at radius 1 is 1.23 bits per heavy atom. The third kappa shape index (κ3) is 4.36. The predicted octanol–water partition coefficient (Wildman–Crippen LogP) is 4.33. The molecule has 1 aromatic heterocycles. The Morgan fingerprint density at radius 2 is 1.90 bits per heavy atom.